The number of carbonyl (C=O) groups excluding carboxylic acids is 1. The number of ether oxygens (including phenoxy) is 2. The number of thiocarbonyl (C=S) groups is 1. The van der Waals surface area contributed by atoms with Crippen LogP contribution in [0.15, 0.2) is 41.3 Å². The first kappa shape index (κ1) is 18.8. The predicted molar refractivity (Wildman–Crippen MR) is 111 cm³/mol. The number of hydrogen-bond donors (Lipinski definition) is 0. The normalized spacial score (nSPS) is 15.7. The van der Waals surface area contributed by atoms with E-state index in [2.05, 4.69) is 0 Å². The molecule has 7 heteroatoms. The molecule has 0 atom stereocenters. The molecule has 1 fully saturated rings. The predicted octanol–water partition coefficient (Wildman–Crippen LogP) is 5.07. The number of benzene rings is 2. The molecule has 2 aromatic rings. The van der Waals surface area contributed by atoms with E-state index in [1.165, 1.54) is 26.0 Å². The lowest BCUT2D eigenvalue weighted by Crippen LogP contribution is -2.27. The summed E-state index contributed by atoms with van der Waals surface area (Å²) in [7, 11) is 3.06. The van der Waals surface area contributed by atoms with Crippen molar-refractivity contribution < 1.29 is 14.3 Å². The highest BCUT2D eigenvalue weighted by Crippen LogP contribution is 2.39. The number of amides is 1. The monoisotopic (exact) mass is 405 g/mol. The van der Waals surface area contributed by atoms with Crippen molar-refractivity contribution in [3.05, 3.63) is 57.5 Å². The third kappa shape index (κ3) is 3.58. The number of rotatable bonds is 4. The Morgan fingerprint density at radius 2 is 1.96 bits per heavy atom. The molecule has 1 aliphatic rings. The molecule has 0 aliphatic carbocycles. The van der Waals surface area contributed by atoms with Crippen LogP contribution in [-0.2, 0) is 4.79 Å². The van der Waals surface area contributed by atoms with Gasteiger partial charge in [0.25, 0.3) is 5.91 Å². The number of methoxy groups -OCH3 is 2. The minimum absolute atomic E-state index is 0.156. The lowest BCUT2D eigenvalue weighted by Gasteiger charge is -2.14. The average Bonchev–Trinajstić information content (AvgIpc) is 2.88. The number of carbonyl (C=O) groups is 1. The lowest BCUT2D eigenvalue weighted by molar-refractivity contribution is -0.113. The van der Waals surface area contributed by atoms with E-state index in [1.807, 2.05) is 31.2 Å². The summed E-state index contributed by atoms with van der Waals surface area (Å²) < 4.78 is 11.0. The molecule has 0 N–H and O–H groups in total. The van der Waals surface area contributed by atoms with Gasteiger partial charge in [0.15, 0.2) is 15.8 Å². The highest BCUT2D eigenvalue weighted by atomic mass is 35.5. The van der Waals surface area contributed by atoms with E-state index in [0.29, 0.717) is 25.7 Å². The highest BCUT2D eigenvalue weighted by molar-refractivity contribution is 8.27. The highest BCUT2D eigenvalue weighted by Gasteiger charge is 2.33. The SMILES string of the molecule is COc1cc(/C=C2/SC(=S)N(c3cccc(C)c3)C2=O)cc(Cl)c1OC. The van der Waals surface area contributed by atoms with Gasteiger partial charge in [-0.3, -0.25) is 9.69 Å². The molecule has 0 aromatic heterocycles. The van der Waals surface area contributed by atoms with Crippen molar-refractivity contribution in [1.82, 2.24) is 0 Å². The van der Waals surface area contributed by atoms with E-state index < -0.39 is 0 Å². The van der Waals surface area contributed by atoms with Gasteiger partial charge in [0.05, 0.1) is 29.8 Å². The molecular formula is C19H16ClNO3S2. The molecule has 2 aromatic carbocycles. The van der Waals surface area contributed by atoms with Crippen LogP contribution in [0.25, 0.3) is 6.08 Å². The summed E-state index contributed by atoms with van der Waals surface area (Å²) >= 11 is 12.9. The molecule has 1 heterocycles. The molecule has 0 unspecified atom stereocenters. The molecule has 0 radical (unpaired) electrons. The molecule has 0 spiro atoms. The lowest BCUT2D eigenvalue weighted by atomic mass is 10.1. The fourth-order valence-corrected chi connectivity index (χ4v) is 4.23. The number of anilines is 1. The summed E-state index contributed by atoms with van der Waals surface area (Å²) in [4.78, 5) is 14.9. The van der Waals surface area contributed by atoms with Crippen molar-refractivity contribution in [3.63, 3.8) is 0 Å². The van der Waals surface area contributed by atoms with Gasteiger partial charge in [0, 0.05) is 0 Å². The van der Waals surface area contributed by atoms with Gasteiger partial charge < -0.3 is 9.47 Å². The average molecular weight is 406 g/mol. The van der Waals surface area contributed by atoms with E-state index in [9.17, 15) is 4.79 Å². The van der Waals surface area contributed by atoms with Crippen LogP contribution in [0.3, 0.4) is 0 Å². The van der Waals surface area contributed by atoms with Gasteiger partial charge in [0.2, 0.25) is 0 Å². The third-order valence-corrected chi connectivity index (χ3v) is 5.39. The van der Waals surface area contributed by atoms with Gasteiger partial charge in [-0.2, -0.15) is 0 Å². The molecule has 1 aliphatic heterocycles. The second-order valence-corrected chi connectivity index (χ2v) is 7.68. The number of thioether (sulfide) groups is 1. The minimum Gasteiger partial charge on any atom is -0.493 e. The van der Waals surface area contributed by atoms with Crippen LogP contribution in [0.2, 0.25) is 5.02 Å². The maximum absolute atomic E-state index is 12.9. The summed E-state index contributed by atoms with van der Waals surface area (Å²) in [6, 6.07) is 11.2. The summed E-state index contributed by atoms with van der Waals surface area (Å²) in [5.74, 6) is 0.801. The van der Waals surface area contributed by atoms with Crippen LogP contribution in [0.1, 0.15) is 11.1 Å². The van der Waals surface area contributed by atoms with Crippen LogP contribution in [0, 0.1) is 6.92 Å². The summed E-state index contributed by atoms with van der Waals surface area (Å²) in [6.07, 6.45) is 1.75. The Bertz CT molecular complexity index is 927. The van der Waals surface area contributed by atoms with Gasteiger partial charge in [-0.1, -0.05) is 47.7 Å². The second kappa shape index (κ2) is 7.70. The van der Waals surface area contributed by atoms with E-state index in [0.717, 1.165) is 16.8 Å². The molecule has 1 amide bonds. The largest absolute Gasteiger partial charge is 0.493 e. The maximum atomic E-state index is 12.9. The summed E-state index contributed by atoms with van der Waals surface area (Å²) in [5, 5.41) is 0.410. The first-order chi connectivity index (χ1) is 12.4. The number of aryl methyl sites for hydroxylation is 1. The zero-order valence-corrected chi connectivity index (χ0v) is 16.8. The Morgan fingerprint density at radius 1 is 1.19 bits per heavy atom. The van der Waals surface area contributed by atoms with Crippen molar-refractivity contribution in [3.8, 4) is 11.5 Å². The van der Waals surface area contributed by atoms with Crippen molar-refractivity contribution >= 4 is 57.6 Å². The molecule has 3 rings (SSSR count). The van der Waals surface area contributed by atoms with E-state index in [1.54, 1.807) is 23.1 Å². The van der Waals surface area contributed by atoms with Gasteiger partial charge in [0.1, 0.15) is 0 Å². The van der Waals surface area contributed by atoms with Gasteiger partial charge >= 0.3 is 0 Å². The Hall–Kier alpha value is -2.02. The third-order valence-electron chi connectivity index (χ3n) is 3.81. The van der Waals surface area contributed by atoms with Crippen molar-refractivity contribution in [1.29, 1.82) is 0 Å². The first-order valence-corrected chi connectivity index (χ1v) is 9.31. The number of nitrogens with zero attached hydrogens (tertiary/aromatic N) is 1. The fourth-order valence-electron chi connectivity index (χ4n) is 2.63. The Labute approximate surface area is 166 Å². The smallest absolute Gasteiger partial charge is 0.270 e. The summed E-state index contributed by atoms with van der Waals surface area (Å²) in [6.45, 7) is 1.97. The van der Waals surface area contributed by atoms with Crippen LogP contribution < -0.4 is 14.4 Å². The van der Waals surface area contributed by atoms with Crippen LogP contribution in [-0.4, -0.2) is 24.4 Å². The number of halogens is 1. The molecule has 134 valence electrons. The standard InChI is InChI=1S/C19H16ClNO3S2/c1-11-5-4-6-13(7-11)21-18(22)16(26-19(21)25)10-12-8-14(20)17(24-3)15(9-12)23-2/h4-10H,1-3H3/b16-10+. The van der Waals surface area contributed by atoms with Crippen LogP contribution >= 0.6 is 35.6 Å². The van der Waals surface area contributed by atoms with Gasteiger partial charge in [-0.25, -0.2) is 0 Å². The fraction of sp³-hybridized carbons (Fsp3) is 0.158. The molecule has 1 saturated heterocycles. The first-order valence-electron chi connectivity index (χ1n) is 7.70. The van der Waals surface area contributed by atoms with Gasteiger partial charge in [-0.05, 0) is 48.4 Å². The number of hydrogen-bond acceptors (Lipinski definition) is 5. The summed E-state index contributed by atoms with van der Waals surface area (Å²) in [5.41, 5.74) is 2.56. The second-order valence-electron chi connectivity index (χ2n) is 5.59. The van der Waals surface area contributed by atoms with Gasteiger partial charge in [-0.15, -0.1) is 0 Å². The zero-order chi connectivity index (χ0) is 18.8. The molecule has 0 saturated carbocycles. The molecule has 4 nitrogen and oxygen atoms in total. The van der Waals surface area contributed by atoms with Crippen molar-refractivity contribution in [2.75, 3.05) is 19.1 Å². The Balaban J connectivity index is 1.97. The Kier molecular flexibility index (Phi) is 5.55. The topological polar surface area (TPSA) is 38.8 Å². The molecule has 26 heavy (non-hydrogen) atoms. The van der Waals surface area contributed by atoms with Crippen LogP contribution in [0.5, 0.6) is 11.5 Å². The maximum Gasteiger partial charge on any atom is 0.270 e. The van der Waals surface area contributed by atoms with E-state index in [4.69, 9.17) is 33.3 Å². The van der Waals surface area contributed by atoms with Crippen molar-refractivity contribution in [2.24, 2.45) is 0 Å². The van der Waals surface area contributed by atoms with Crippen LogP contribution in [0.4, 0.5) is 5.69 Å². The minimum atomic E-state index is -0.156. The van der Waals surface area contributed by atoms with E-state index >= 15 is 0 Å². The quantitative estimate of drug-likeness (QED) is 0.524. The zero-order valence-electron chi connectivity index (χ0n) is 14.4. The van der Waals surface area contributed by atoms with E-state index in [-0.39, 0.29) is 5.91 Å². The Morgan fingerprint density at radius 3 is 2.62 bits per heavy atom. The molecule has 0 bridgehead atoms. The molecular weight excluding hydrogens is 390 g/mol. The van der Waals surface area contributed by atoms with Crippen molar-refractivity contribution in [2.45, 2.75) is 6.92 Å².